The number of carbonyl (C=O) groups is 1. The standard InChI is InChI=1S/C28H20NO6Se/c1-32-22-8-4-5-16-9-11-21-25(24(16)22)34-23-15-17(29-28(31)33-13-14-36-28)10-12-20(23)27(21)19-7-3-2-6-18(19)26(30)35-27/h2-12,15,29H,13-14H2,1H3/q-1. The molecule has 0 aliphatic carbocycles. The molecule has 4 aromatic carbocycles. The summed E-state index contributed by atoms with van der Waals surface area (Å²) in [4.78, 5) is 11.5. The topological polar surface area (TPSA) is 89.1 Å². The Labute approximate surface area is 213 Å². The fourth-order valence-electron chi connectivity index (χ4n) is 5.36. The Morgan fingerprint density at radius 1 is 1.00 bits per heavy atom. The summed E-state index contributed by atoms with van der Waals surface area (Å²) in [7, 11) is 1.62. The van der Waals surface area contributed by atoms with Crippen LogP contribution in [0.1, 0.15) is 27.0 Å². The van der Waals surface area contributed by atoms with Crippen molar-refractivity contribution in [3.8, 4) is 17.2 Å². The van der Waals surface area contributed by atoms with Crippen LogP contribution in [-0.2, 0) is 15.1 Å². The number of methoxy groups -OCH3 is 1. The van der Waals surface area contributed by atoms with Crippen molar-refractivity contribution >= 4 is 37.4 Å². The molecule has 3 aliphatic rings. The predicted octanol–water partition coefficient (Wildman–Crippen LogP) is 3.95. The van der Waals surface area contributed by atoms with Crippen molar-refractivity contribution in [3.05, 3.63) is 95.1 Å². The van der Waals surface area contributed by atoms with E-state index in [-0.39, 0.29) is 15.0 Å². The quantitative estimate of drug-likeness (QED) is 0.237. The average molecular weight is 545 g/mol. The number of hydrogen-bond donors (Lipinski definition) is 1. The van der Waals surface area contributed by atoms with Crippen LogP contribution in [0.15, 0.2) is 72.8 Å². The van der Waals surface area contributed by atoms with E-state index in [0.717, 1.165) is 21.7 Å². The third kappa shape index (κ3) is 2.96. The first-order chi connectivity index (χ1) is 17.5. The number of ether oxygens (including phenoxy) is 4. The van der Waals surface area contributed by atoms with E-state index in [1.54, 1.807) is 19.2 Å². The molecule has 3 heterocycles. The van der Waals surface area contributed by atoms with Crippen LogP contribution in [0, 0.1) is 0 Å². The number of carbonyl (C=O) groups excluding carboxylic acids is 1. The van der Waals surface area contributed by atoms with E-state index in [1.807, 2.05) is 60.7 Å². The second-order valence-corrected chi connectivity index (χ2v) is 11.4. The third-order valence-electron chi connectivity index (χ3n) is 6.87. The van der Waals surface area contributed by atoms with E-state index in [4.69, 9.17) is 18.9 Å². The molecule has 0 aromatic heterocycles. The SMILES string of the molecule is COc1cccc2ccc3c(c12)Oc1cc(NC2([O-])OCC[Se]2)ccc1C31OC(=O)c2ccccc21. The van der Waals surface area contributed by atoms with Crippen molar-refractivity contribution in [1.29, 1.82) is 0 Å². The maximum absolute atomic E-state index is 13.1. The summed E-state index contributed by atoms with van der Waals surface area (Å²) in [5.41, 5.74) is 2.04. The molecular weight excluding hydrogens is 525 g/mol. The molecule has 0 radical (unpaired) electrons. The van der Waals surface area contributed by atoms with E-state index in [9.17, 15) is 9.90 Å². The third-order valence-corrected chi connectivity index (χ3v) is 8.91. The van der Waals surface area contributed by atoms with E-state index < -0.39 is 16.4 Å². The van der Waals surface area contributed by atoms with Gasteiger partial charge in [0.15, 0.2) is 0 Å². The van der Waals surface area contributed by atoms with Gasteiger partial charge in [-0.15, -0.1) is 0 Å². The van der Waals surface area contributed by atoms with E-state index in [2.05, 4.69) is 5.32 Å². The van der Waals surface area contributed by atoms with Crippen LogP contribution in [0.5, 0.6) is 17.2 Å². The maximum atomic E-state index is 13.1. The molecule has 1 fully saturated rings. The molecule has 8 heteroatoms. The van der Waals surface area contributed by atoms with Crippen LogP contribution in [0.25, 0.3) is 10.8 Å². The van der Waals surface area contributed by atoms with Crippen molar-refractivity contribution < 1.29 is 28.8 Å². The summed E-state index contributed by atoms with van der Waals surface area (Å²) < 4.78 is 23.9. The molecule has 7 rings (SSSR count). The van der Waals surface area contributed by atoms with Gasteiger partial charge in [-0.05, 0) is 0 Å². The number of esters is 1. The van der Waals surface area contributed by atoms with Gasteiger partial charge < -0.3 is 0 Å². The zero-order valence-corrected chi connectivity index (χ0v) is 20.9. The average Bonchev–Trinajstić information content (AvgIpc) is 3.45. The first kappa shape index (κ1) is 21.7. The van der Waals surface area contributed by atoms with Gasteiger partial charge in [0.2, 0.25) is 0 Å². The molecule has 4 aromatic rings. The summed E-state index contributed by atoms with van der Waals surface area (Å²) in [6, 6.07) is 22.6. The summed E-state index contributed by atoms with van der Waals surface area (Å²) >= 11 is -0.235. The number of hydrogen-bond acceptors (Lipinski definition) is 7. The van der Waals surface area contributed by atoms with Gasteiger partial charge in [-0.1, -0.05) is 0 Å². The normalized spacial score (nSPS) is 23.6. The van der Waals surface area contributed by atoms with Crippen LogP contribution >= 0.6 is 0 Å². The van der Waals surface area contributed by atoms with Gasteiger partial charge in [0.05, 0.1) is 0 Å². The number of nitrogens with one attached hydrogen (secondary N) is 1. The van der Waals surface area contributed by atoms with E-state index in [0.29, 0.717) is 46.2 Å². The predicted molar refractivity (Wildman–Crippen MR) is 132 cm³/mol. The zero-order valence-electron chi connectivity index (χ0n) is 19.2. The molecule has 0 amide bonds. The van der Waals surface area contributed by atoms with Crippen LogP contribution in [0.3, 0.4) is 0 Å². The monoisotopic (exact) mass is 546 g/mol. The van der Waals surface area contributed by atoms with Crippen LogP contribution in [0.4, 0.5) is 5.69 Å². The van der Waals surface area contributed by atoms with Gasteiger partial charge in [-0.3, -0.25) is 0 Å². The van der Waals surface area contributed by atoms with Crippen LogP contribution < -0.4 is 19.9 Å². The summed E-state index contributed by atoms with van der Waals surface area (Å²) in [5.74, 6) is 1.30. The Balaban J connectivity index is 1.50. The van der Waals surface area contributed by atoms with Gasteiger partial charge in [0.1, 0.15) is 0 Å². The van der Waals surface area contributed by atoms with Gasteiger partial charge in [-0.25, -0.2) is 0 Å². The molecule has 1 N–H and O–H groups in total. The number of benzene rings is 4. The minimum absolute atomic E-state index is 0.235. The molecule has 180 valence electrons. The fraction of sp³-hybridized carbons (Fsp3) is 0.179. The Morgan fingerprint density at radius 3 is 2.69 bits per heavy atom. The van der Waals surface area contributed by atoms with Crippen molar-refractivity contribution in [3.63, 3.8) is 0 Å². The summed E-state index contributed by atoms with van der Waals surface area (Å²) in [6.45, 7) is 0.451. The summed E-state index contributed by atoms with van der Waals surface area (Å²) in [5, 5.41) is 18.4. The Bertz CT molecular complexity index is 1560. The molecule has 2 unspecified atom stereocenters. The molecule has 0 saturated carbocycles. The number of rotatable bonds is 3. The Hall–Kier alpha value is -3.55. The van der Waals surface area contributed by atoms with Crippen LogP contribution in [0.2, 0.25) is 5.32 Å². The second kappa shape index (κ2) is 7.72. The van der Waals surface area contributed by atoms with Crippen LogP contribution in [-0.4, -0.2) is 39.5 Å². The zero-order chi connectivity index (χ0) is 24.5. The Morgan fingerprint density at radius 2 is 1.86 bits per heavy atom. The molecule has 3 aliphatic heterocycles. The van der Waals surface area contributed by atoms with Crippen molar-refractivity contribution in [1.82, 2.24) is 0 Å². The molecule has 2 atom stereocenters. The number of anilines is 1. The minimum atomic E-state index is -1.62. The van der Waals surface area contributed by atoms with Crippen molar-refractivity contribution in [2.45, 2.75) is 15.7 Å². The van der Waals surface area contributed by atoms with Gasteiger partial charge in [0.25, 0.3) is 0 Å². The van der Waals surface area contributed by atoms with Gasteiger partial charge >= 0.3 is 213 Å². The van der Waals surface area contributed by atoms with Crippen molar-refractivity contribution in [2.24, 2.45) is 0 Å². The molecule has 1 saturated heterocycles. The molecule has 36 heavy (non-hydrogen) atoms. The van der Waals surface area contributed by atoms with E-state index in [1.165, 1.54) is 0 Å². The van der Waals surface area contributed by atoms with E-state index >= 15 is 0 Å². The fourth-order valence-corrected chi connectivity index (χ4v) is 7.02. The number of fused-ring (bicyclic) bond motifs is 8. The molecule has 7 nitrogen and oxygen atoms in total. The molecule has 0 bridgehead atoms. The Kier molecular flexibility index (Phi) is 4.66. The summed E-state index contributed by atoms with van der Waals surface area (Å²) in [6.07, 6.45) is 0. The van der Waals surface area contributed by atoms with Crippen molar-refractivity contribution in [2.75, 3.05) is 19.0 Å². The molecule has 1 spiro atoms. The first-order valence-corrected chi connectivity index (χ1v) is 13.6. The second-order valence-electron chi connectivity index (χ2n) is 8.81. The van der Waals surface area contributed by atoms with Gasteiger partial charge in [-0.2, -0.15) is 0 Å². The molecular formula is C28H20NO6Se-. The first-order valence-electron chi connectivity index (χ1n) is 11.5. The van der Waals surface area contributed by atoms with Gasteiger partial charge in [0, 0.05) is 0 Å².